The number of carbonyl (C=O) groups is 1. The van der Waals surface area contributed by atoms with E-state index in [0.29, 0.717) is 36.1 Å². The highest BCUT2D eigenvalue weighted by atomic mass is 16.7. The van der Waals surface area contributed by atoms with Crippen molar-refractivity contribution in [1.29, 1.82) is 0 Å². The molecule has 2 saturated heterocycles. The summed E-state index contributed by atoms with van der Waals surface area (Å²) in [6.07, 6.45) is -2.12. The van der Waals surface area contributed by atoms with Crippen molar-refractivity contribution in [2.75, 3.05) is 0 Å². The molecule has 0 spiro atoms. The number of aliphatic hydroxyl groups excluding tert-OH is 3. The van der Waals surface area contributed by atoms with Gasteiger partial charge in [-0.05, 0) is 50.2 Å². The predicted molar refractivity (Wildman–Crippen MR) is 153 cm³/mol. The molecule has 7 rings (SSSR count). The lowest BCUT2D eigenvalue weighted by Crippen LogP contribution is -2.62. The van der Waals surface area contributed by atoms with E-state index in [1.165, 1.54) is 0 Å². The first kappa shape index (κ1) is 27.8. The van der Waals surface area contributed by atoms with Gasteiger partial charge in [-0.2, -0.15) is 0 Å². The van der Waals surface area contributed by atoms with Crippen LogP contribution in [-0.2, 0) is 18.9 Å². The molecule has 3 heterocycles. The van der Waals surface area contributed by atoms with Crippen molar-refractivity contribution in [2.24, 2.45) is 17.3 Å². The summed E-state index contributed by atoms with van der Waals surface area (Å²) < 4.78 is 24.4. The first-order chi connectivity index (χ1) is 20.1. The molecule has 9 atom stereocenters. The van der Waals surface area contributed by atoms with Gasteiger partial charge in [0.15, 0.2) is 11.5 Å². The zero-order valence-corrected chi connectivity index (χ0v) is 24.3. The molecule has 8 heteroatoms. The summed E-state index contributed by atoms with van der Waals surface area (Å²) in [4.78, 5) is 13.3. The van der Waals surface area contributed by atoms with Crippen LogP contribution < -0.4 is 0 Å². The first-order valence-corrected chi connectivity index (χ1v) is 14.9. The Morgan fingerprint density at radius 3 is 2.21 bits per heavy atom. The highest BCUT2D eigenvalue weighted by Gasteiger charge is 2.81. The molecule has 5 aliphatic rings. The summed E-state index contributed by atoms with van der Waals surface area (Å²) in [6, 6.07) is 18.0. The third-order valence-electron chi connectivity index (χ3n) is 10.7. The molecule has 0 amide bonds. The van der Waals surface area contributed by atoms with E-state index >= 15 is 0 Å². The fraction of sp³-hybridized carbons (Fsp3) is 0.500. The number of benzene rings is 2. The third-order valence-corrected chi connectivity index (χ3v) is 10.7. The summed E-state index contributed by atoms with van der Waals surface area (Å²) in [5.74, 6) is -0.234. The van der Waals surface area contributed by atoms with E-state index in [1.54, 1.807) is 24.3 Å². The summed E-state index contributed by atoms with van der Waals surface area (Å²) >= 11 is 0. The minimum absolute atomic E-state index is 0.0424. The Kier molecular flexibility index (Phi) is 6.28. The number of rotatable bonds is 6. The number of hydrogen-bond donors (Lipinski definition) is 3. The van der Waals surface area contributed by atoms with E-state index in [4.69, 9.17) is 18.9 Å². The van der Waals surface area contributed by atoms with Gasteiger partial charge in [0, 0.05) is 22.1 Å². The smallest absolute Gasteiger partial charge is 0.343 e. The van der Waals surface area contributed by atoms with Crippen LogP contribution in [0.3, 0.4) is 0 Å². The number of epoxide rings is 2. The SMILES string of the molecule is CC(C)[C@]1([C@@H](O)[C@]23O[C@H]2C[C@H]2C4=C(CC[C@]2(C)[C@H]3O)C(O)O/C4=C(/OC(=O)c2ccccc2)c2ccccc2)O[C@H]1C. The molecule has 42 heavy (non-hydrogen) atoms. The Hall–Kier alpha value is -3.01. The van der Waals surface area contributed by atoms with E-state index in [9.17, 15) is 20.1 Å². The molecular formula is C34H38O8. The van der Waals surface area contributed by atoms with Gasteiger partial charge >= 0.3 is 5.97 Å². The second-order valence-corrected chi connectivity index (χ2v) is 13.0. The predicted octanol–water partition coefficient (Wildman–Crippen LogP) is 4.35. The molecule has 3 N–H and O–H groups in total. The van der Waals surface area contributed by atoms with Gasteiger partial charge in [-0.1, -0.05) is 69.3 Å². The molecule has 2 aromatic rings. The average Bonchev–Trinajstić information content (AvgIpc) is 3.87. The van der Waals surface area contributed by atoms with Crippen molar-refractivity contribution in [3.63, 3.8) is 0 Å². The van der Waals surface area contributed by atoms with Gasteiger partial charge < -0.3 is 34.3 Å². The maximum Gasteiger partial charge on any atom is 0.343 e. The highest BCUT2D eigenvalue weighted by molar-refractivity contribution is 5.93. The lowest BCUT2D eigenvalue weighted by atomic mass is 9.53. The normalized spacial score (nSPS) is 40.0. The summed E-state index contributed by atoms with van der Waals surface area (Å²) in [7, 11) is 0. The molecule has 1 saturated carbocycles. The third kappa shape index (κ3) is 3.75. The van der Waals surface area contributed by atoms with Crippen LogP contribution in [0.4, 0.5) is 0 Å². The summed E-state index contributed by atoms with van der Waals surface area (Å²) in [5, 5.41) is 35.0. The van der Waals surface area contributed by atoms with E-state index in [1.807, 2.05) is 64.1 Å². The standard InChI is InChI=1S/C34H38O8/c1-18(2)33(19(3)41-33)31(38)34-24(42-34)17-23-25-22(15-16-32(23,4)30(34)37)29(36)40-27(25)26(20-11-7-5-8-12-20)39-28(35)21-13-9-6-10-14-21/h5-14,18-19,23-24,29-31,36-38H,15-17H2,1-4H3/b27-26+/t19-,23-,24-,29?,30+,31+,32-,33-,34-/m0/s1. The minimum Gasteiger partial charge on any atom is -0.457 e. The fourth-order valence-electron chi connectivity index (χ4n) is 8.15. The molecule has 1 unspecified atom stereocenters. The number of allylic oxidation sites excluding steroid dienone is 1. The number of carbonyl (C=O) groups excluding carboxylic acids is 1. The van der Waals surface area contributed by atoms with E-state index in [2.05, 4.69) is 0 Å². The topological polar surface area (TPSA) is 121 Å². The van der Waals surface area contributed by atoms with Gasteiger partial charge in [0.25, 0.3) is 0 Å². The number of hydrogen-bond acceptors (Lipinski definition) is 8. The van der Waals surface area contributed by atoms with Gasteiger partial charge in [0.1, 0.15) is 17.3 Å². The molecule has 222 valence electrons. The first-order valence-electron chi connectivity index (χ1n) is 14.9. The van der Waals surface area contributed by atoms with E-state index in [-0.39, 0.29) is 23.7 Å². The van der Waals surface area contributed by atoms with Crippen molar-refractivity contribution in [2.45, 2.75) is 88.9 Å². The van der Waals surface area contributed by atoms with Crippen LogP contribution in [-0.4, -0.2) is 63.2 Å². The van der Waals surface area contributed by atoms with E-state index in [0.717, 1.165) is 11.1 Å². The van der Waals surface area contributed by atoms with Crippen LogP contribution >= 0.6 is 0 Å². The average molecular weight is 575 g/mol. The van der Waals surface area contributed by atoms with Crippen molar-refractivity contribution in [3.05, 3.63) is 88.7 Å². The van der Waals surface area contributed by atoms with Crippen LogP contribution in [0.15, 0.2) is 77.6 Å². The molecule has 8 nitrogen and oxygen atoms in total. The van der Waals surface area contributed by atoms with Crippen LogP contribution in [0.2, 0.25) is 0 Å². The Labute approximate surface area is 245 Å². The number of aliphatic hydroxyl groups is 3. The van der Waals surface area contributed by atoms with Crippen molar-refractivity contribution in [3.8, 4) is 0 Å². The molecule has 0 bridgehead atoms. The number of fused-ring (bicyclic) bond motifs is 3. The van der Waals surface area contributed by atoms with Crippen LogP contribution in [0.5, 0.6) is 0 Å². The second kappa shape index (κ2) is 9.49. The number of esters is 1. The van der Waals surface area contributed by atoms with Crippen LogP contribution in [0.1, 0.15) is 62.9 Å². The number of ether oxygens (including phenoxy) is 4. The zero-order chi connectivity index (χ0) is 29.6. The molecule has 0 aromatic heterocycles. The molecular weight excluding hydrogens is 536 g/mol. The lowest BCUT2D eigenvalue weighted by molar-refractivity contribution is -0.125. The molecule has 2 aliphatic carbocycles. The summed E-state index contributed by atoms with van der Waals surface area (Å²) in [6.45, 7) is 8.02. The van der Waals surface area contributed by atoms with Gasteiger partial charge in [-0.3, -0.25) is 0 Å². The second-order valence-electron chi connectivity index (χ2n) is 13.0. The Balaban J connectivity index is 1.29. The molecule has 0 radical (unpaired) electrons. The monoisotopic (exact) mass is 574 g/mol. The molecule has 2 aromatic carbocycles. The van der Waals surface area contributed by atoms with Gasteiger partial charge in [-0.15, -0.1) is 0 Å². The molecule has 3 aliphatic heterocycles. The molecule has 3 fully saturated rings. The largest absolute Gasteiger partial charge is 0.457 e. The lowest BCUT2D eigenvalue weighted by Gasteiger charge is -2.51. The van der Waals surface area contributed by atoms with Gasteiger partial charge in [0.05, 0.1) is 23.9 Å². The summed E-state index contributed by atoms with van der Waals surface area (Å²) in [5.41, 5.74) is -0.0789. The Bertz CT molecular complexity index is 1470. The highest BCUT2D eigenvalue weighted by Crippen LogP contribution is 2.68. The van der Waals surface area contributed by atoms with Crippen molar-refractivity contribution < 1.29 is 39.1 Å². The van der Waals surface area contributed by atoms with Crippen LogP contribution in [0, 0.1) is 17.3 Å². The Morgan fingerprint density at radius 1 is 1.00 bits per heavy atom. The minimum atomic E-state index is -1.19. The quantitative estimate of drug-likeness (QED) is 0.265. The van der Waals surface area contributed by atoms with E-state index < -0.39 is 47.2 Å². The van der Waals surface area contributed by atoms with Crippen LogP contribution in [0.25, 0.3) is 5.76 Å². The van der Waals surface area contributed by atoms with Gasteiger partial charge in [0.2, 0.25) is 6.29 Å². The fourth-order valence-corrected chi connectivity index (χ4v) is 8.15. The maximum absolute atomic E-state index is 13.3. The Morgan fingerprint density at radius 2 is 1.62 bits per heavy atom. The zero-order valence-electron chi connectivity index (χ0n) is 24.3. The van der Waals surface area contributed by atoms with Gasteiger partial charge in [-0.25, -0.2) is 4.79 Å². The maximum atomic E-state index is 13.3. The van der Waals surface area contributed by atoms with Crippen molar-refractivity contribution >= 4 is 11.7 Å². The van der Waals surface area contributed by atoms with Crippen molar-refractivity contribution in [1.82, 2.24) is 0 Å².